The van der Waals surface area contributed by atoms with Gasteiger partial charge in [0.05, 0.1) is 11.0 Å². The summed E-state index contributed by atoms with van der Waals surface area (Å²) in [6, 6.07) is 14.9. The number of carbonyl (C=O) groups excluding carboxylic acids is 1. The van der Waals surface area contributed by atoms with E-state index in [9.17, 15) is 9.90 Å². The van der Waals surface area contributed by atoms with E-state index in [1.165, 1.54) is 17.3 Å². The summed E-state index contributed by atoms with van der Waals surface area (Å²) in [4.78, 5) is 13.2. The van der Waals surface area contributed by atoms with Crippen molar-refractivity contribution in [2.24, 2.45) is 5.10 Å². The molecule has 0 radical (unpaired) electrons. The molecule has 0 unspecified atom stereocenters. The van der Waals surface area contributed by atoms with Gasteiger partial charge in [-0.2, -0.15) is 5.10 Å². The smallest absolute Gasteiger partial charge is 0.253 e. The highest BCUT2D eigenvalue weighted by Gasteiger charge is 2.14. The van der Waals surface area contributed by atoms with E-state index in [0.717, 1.165) is 4.90 Å². The first kappa shape index (κ1) is 17.1. The van der Waals surface area contributed by atoms with Crippen LogP contribution in [0.2, 0.25) is 0 Å². The van der Waals surface area contributed by atoms with E-state index in [1.54, 1.807) is 25.1 Å². The highest BCUT2D eigenvalue weighted by atomic mass is 32.2. The minimum atomic E-state index is -0.265. The van der Waals surface area contributed by atoms with Crippen LogP contribution in [0.5, 0.6) is 5.75 Å². The topological polar surface area (TPSA) is 61.7 Å². The molecular weight excluding hydrogens is 308 g/mol. The zero-order valence-electron chi connectivity index (χ0n) is 13.4. The largest absolute Gasteiger partial charge is 0.507 e. The van der Waals surface area contributed by atoms with Crippen molar-refractivity contribution < 1.29 is 9.90 Å². The van der Waals surface area contributed by atoms with E-state index >= 15 is 0 Å². The van der Waals surface area contributed by atoms with Crippen molar-refractivity contribution in [3.63, 3.8) is 0 Å². The van der Waals surface area contributed by atoms with Gasteiger partial charge in [-0.15, -0.1) is 11.8 Å². The Morgan fingerprint density at radius 1 is 1.17 bits per heavy atom. The Kier molecular flexibility index (Phi) is 5.82. The molecule has 4 nitrogen and oxygen atoms in total. The van der Waals surface area contributed by atoms with Crippen LogP contribution in [0.3, 0.4) is 0 Å². The van der Waals surface area contributed by atoms with Crippen LogP contribution >= 0.6 is 11.8 Å². The molecule has 5 heteroatoms. The minimum absolute atomic E-state index is 0.144. The van der Waals surface area contributed by atoms with Gasteiger partial charge < -0.3 is 5.11 Å². The Hall–Kier alpha value is -2.27. The van der Waals surface area contributed by atoms with Gasteiger partial charge in [-0.25, -0.2) is 5.43 Å². The van der Waals surface area contributed by atoms with Crippen LogP contribution in [0.15, 0.2) is 58.5 Å². The number of nitrogens with one attached hydrogen (secondary N) is 1. The van der Waals surface area contributed by atoms with E-state index in [1.807, 2.05) is 44.2 Å². The van der Waals surface area contributed by atoms with Gasteiger partial charge >= 0.3 is 0 Å². The fourth-order valence-electron chi connectivity index (χ4n) is 1.94. The second-order valence-electron chi connectivity index (χ2n) is 5.26. The van der Waals surface area contributed by atoms with Crippen molar-refractivity contribution in [3.8, 4) is 5.75 Å². The van der Waals surface area contributed by atoms with Gasteiger partial charge in [-0.1, -0.05) is 29.8 Å². The number of aromatic hydroxyl groups is 1. The van der Waals surface area contributed by atoms with Crippen molar-refractivity contribution in [1.29, 1.82) is 0 Å². The number of aryl methyl sites for hydroxylation is 1. The molecule has 0 heterocycles. The van der Waals surface area contributed by atoms with Crippen molar-refractivity contribution >= 4 is 23.4 Å². The number of hydrogen-bond donors (Lipinski definition) is 2. The lowest BCUT2D eigenvalue weighted by Crippen LogP contribution is -2.27. The Morgan fingerprint density at radius 2 is 1.83 bits per heavy atom. The molecule has 1 atom stereocenters. The molecule has 0 saturated heterocycles. The van der Waals surface area contributed by atoms with E-state index < -0.39 is 0 Å². The maximum absolute atomic E-state index is 12.1. The summed E-state index contributed by atoms with van der Waals surface area (Å²) in [6.07, 6.45) is 0. The van der Waals surface area contributed by atoms with Crippen LogP contribution in [0.25, 0.3) is 0 Å². The lowest BCUT2D eigenvalue weighted by atomic mass is 10.1. The molecule has 2 aromatic rings. The average molecular weight is 328 g/mol. The van der Waals surface area contributed by atoms with Crippen LogP contribution in [-0.4, -0.2) is 22.0 Å². The molecule has 0 aliphatic heterocycles. The predicted octanol–water partition coefficient (Wildman–Crippen LogP) is 3.72. The standard InChI is InChI=1S/C18H20N2O2S/c1-12-8-10-15(11-9-12)23-14(3)18(22)20-19-13(2)16-6-4-5-7-17(16)21/h4-11,14,21H,1-3H3,(H,20,22)/b19-13-/t14-/m1/s1. The predicted molar refractivity (Wildman–Crippen MR) is 95.0 cm³/mol. The van der Waals surface area contributed by atoms with Gasteiger partial charge in [0.2, 0.25) is 0 Å². The third-order valence-electron chi connectivity index (χ3n) is 3.33. The average Bonchev–Trinajstić information content (AvgIpc) is 2.54. The van der Waals surface area contributed by atoms with Gasteiger partial charge in [0, 0.05) is 10.5 Å². The van der Waals surface area contributed by atoms with Crippen LogP contribution in [0.1, 0.15) is 25.0 Å². The first-order valence-electron chi connectivity index (χ1n) is 7.33. The van der Waals surface area contributed by atoms with E-state index in [0.29, 0.717) is 11.3 Å². The van der Waals surface area contributed by atoms with Crippen molar-refractivity contribution in [2.75, 3.05) is 0 Å². The normalized spacial score (nSPS) is 12.7. The van der Waals surface area contributed by atoms with Gasteiger partial charge in [0.1, 0.15) is 5.75 Å². The second kappa shape index (κ2) is 7.83. The Labute approximate surface area is 140 Å². The van der Waals surface area contributed by atoms with Gasteiger partial charge in [-0.05, 0) is 45.0 Å². The molecule has 0 fully saturated rings. The Morgan fingerprint density at radius 3 is 2.48 bits per heavy atom. The minimum Gasteiger partial charge on any atom is -0.507 e. The molecule has 0 bridgehead atoms. The number of benzene rings is 2. The molecule has 0 aliphatic carbocycles. The van der Waals surface area contributed by atoms with E-state index in [2.05, 4.69) is 10.5 Å². The van der Waals surface area contributed by atoms with Gasteiger partial charge in [-0.3, -0.25) is 4.79 Å². The summed E-state index contributed by atoms with van der Waals surface area (Å²) < 4.78 is 0. The van der Waals surface area contributed by atoms with E-state index in [-0.39, 0.29) is 16.9 Å². The number of phenolic OH excluding ortho intramolecular Hbond substituents is 1. The third-order valence-corrected chi connectivity index (χ3v) is 4.44. The summed E-state index contributed by atoms with van der Waals surface area (Å²) in [6.45, 7) is 5.61. The first-order chi connectivity index (χ1) is 11.0. The lowest BCUT2D eigenvalue weighted by molar-refractivity contribution is -0.120. The van der Waals surface area contributed by atoms with Crippen molar-refractivity contribution in [3.05, 3.63) is 59.7 Å². The fraction of sp³-hybridized carbons (Fsp3) is 0.222. The SMILES string of the molecule is C/C(=N/NC(=O)[C@@H](C)Sc1ccc(C)cc1)c1ccccc1O. The quantitative estimate of drug-likeness (QED) is 0.499. The number of phenols is 1. The number of hydrazone groups is 1. The molecule has 2 N–H and O–H groups in total. The molecule has 2 aromatic carbocycles. The molecule has 23 heavy (non-hydrogen) atoms. The maximum Gasteiger partial charge on any atom is 0.253 e. The van der Waals surface area contributed by atoms with Crippen molar-refractivity contribution in [2.45, 2.75) is 30.9 Å². The second-order valence-corrected chi connectivity index (χ2v) is 6.68. The highest BCUT2D eigenvalue weighted by Crippen LogP contribution is 2.23. The maximum atomic E-state index is 12.1. The van der Waals surface area contributed by atoms with Crippen molar-refractivity contribution in [1.82, 2.24) is 5.43 Å². The van der Waals surface area contributed by atoms with Crippen LogP contribution in [0.4, 0.5) is 0 Å². The molecule has 2 rings (SSSR count). The number of amides is 1. The lowest BCUT2D eigenvalue weighted by Gasteiger charge is -2.10. The third kappa shape index (κ3) is 4.86. The summed E-state index contributed by atoms with van der Waals surface area (Å²) in [5, 5.41) is 13.6. The molecule has 0 saturated carbocycles. The molecule has 0 aliphatic rings. The molecule has 120 valence electrons. The monoisotopic (exact) mass is 328 g/mol. The number of para-hydroxylation sites is 1. The zero-order valence-corrected chi connectivity index (χ0v) is 14.2. The molecule has 0 aromatic heterocycles. The Bertz CT molecular complexity index is 711. The number of thioether (sulfide) groups is 1. The van der Waals surface area contributed by atoms with Gasteiger partial charge in [0.15, 0.2) is 0 Å². The summed E-state index contributed by atoms with van der Waals surface area (Å²) in [5.41, 5.74) is 4.91. The summed E-state index contributed by atoms with van der Waals surface area (Å²) in [5.74, 6) is -0.0320. The Balaban J connectivity index is 1.97. The van der Waals surface area contributed by atoms with E-state index in [4.69, 9.17) is 0 Å². The summed E-state index contributed by atoms with van der Waals surface area (Å²) in [7, 11) is 0. The molecular formula is C18H20N2O2S. The van der Waals surface area contributed by atoms with Crippen LogP contribution in [0, 0.1) is 6.92 Å². The molecule has 0 spiro atoms. The summed E-state index contributed by atoms with van der Waals surface area (Å²) >= 11 is 1.48. The highest BCUT2D eigenvalue weighted by molar-refractivity contribution is 8.00. The van der Waals surface area contributed by atoms with Crippen LogP contribution < -0.4 is 5.43 Å². The fourth-order valence-corrected chi connectivity index (χ4v) is 2.81. The number of rotatable bonds is 5. The van der Waals surface area contributed by atoms with Crippen LogP contribution in [-0.2, 0) is 4.79 Å². The zero-order chi connectivity index (χ0) is 16.8. The molecule has 1 amide bonds. The number of nitrogens with zero attached hydrogens (tertiary/aromatic N) is 1. The number of hydrogen-bond acceptors (Lipinski definition) is 4. The first-order valence-corrected chi connectivity index (χ1v) is 8.21. The number of carbonyl (C=O) groups is 1. The van der Waals surface area contributed by atoms with Gasteiger partial charge in [0.25, 0.3) is 5.91 Å².